The summed E-state index contributed by atoms with van der Waals surface area (Å²) in [5, 5.41) is 9.23. The lowest BCUT2D eigenvalue weighted by Crippen LogP contribution is -2.54. The van der Waals surface area contributed by atoms with Crippen molar-refractivity contribution < 1.29 is 14.6 Å². The predicted molar refractivity (Wildman–Crippen MR) is 72.0 cm³/mol. The summed E-state index contributed by atoms with van der Waals surface area (Å²) in [7, 11) is 0. The average molecular weight is 273 g/mol. The van der Waals surface area contributed by atoms with E-state index < -0.39 is 0 Å². The molecule has 1 spiro atoms. The molecule has 3 atom stereocenters. The van der Waals surface area contributed by atoms with Crippen LogP contribution in [0, 0.1) is 0 Å². The Morgan fingerprint density at radius 3 is 3.11 bits per heavy atom. The van der Waals surface area contributed by atoms with Crippen LogP contribution in [0.1, 0.15) is 19.3 Å². The maximum absolute atomic E-state index is 9.23. The first-order chi connectivity index (χ1) is 8.81. The van der Waals surface area contributed by atoms with Crippen molar-refractivity contribution >= 4 is 11.8 Å². The molecule has 0 bridgehead atoms. The highest BCUT2D eigenvalue weighted by molar-refractivity contribution is 7.99. The number of rotatable bonds is 2. The number of thioether (sulfide) groups is 1. The van der Waals surface area contributed by atoms with E-state index in [1.165, 1.54) is 12.2 Å². The molecule has 3 rings (SSSR count). The normalized spacial score (nSPS) is 42.5. The summed E-state index contributed by atoms with van der Waals surface area (Å²) in [5.41, 5.74) is 0.153. The Hall–Kier alpha value is 0.190. The smallest absolute Gasteiger partial charge is 0.0932 e. The average Bonchev–Trinajstić information content (AvgIpc) is 2.87. The van der Waals surface area contributed by atoms with E-state index in [0.29, 0.717) is 6.04 Å². The van der Waals surface area contributed by atoms with E-state index >= 15 is 0 Å². The maximum Gasteiger partial charge on any atom is 0.0932 e. The van der Waals surface area contributed by atoms with Gasteiger partial charge in [0, 0.05) is 31.5 Å². The zero-order valence-electron chi connectivity index (χ0n) is 10.8. The van der Waals surface area contributed by atoms with E-state index in [4.69, 9.17) is 9.47 Å². The fourth-order valence-electron chi connectivity index (χ4n) is 3.36. The molecule has 3 heterocycles. The predicted octanol–water partition coefficient (Wildman–Crippen LogP) is 0.734. The van der Waals surface area contributed by atoms with Crippen molar-refractivity contribution in [2.75, 3.05) is 44.4 Å². The van der Waals surface area contributed by atoms with Gasteiger partial charge in [-0.25, -0.2) is 0 Å². The molecule has 0 aromatic heterocycles. The SMILES string of the molecule is OCC1CN(C2CCOC3(CCSC3)C2)CCO1. The fraction of sp³-hybridized carbons (Fsp3) is 1.00. The fourth-order valence-corrected chi connectivity index (χ4v) is 4.74. The van der Waals surface area contributed by atoms with Gasteiger partial charge in [0.05, 0.1) is 24.9 Å². The molecule has 0 aromatic rings. The Labute approximate surface area is 113 Å². The second kappa shape index (κ2) is 5.67. The standard InChI is InChI=1S/C13H23NO3S/c15-9-12-8-14(3-5-16-12)11-1-4-17-13(7-11)2-6-18-10-13/h11-12,15H,1-10H2. The van der Waals surface area contributed by atoms with Crippen molar-refractivity contribution in [2.45, 2.75) is 37.0 Å². The van der Waals surface area contributed by atoms with Gasteiger partial charge in [-0.1, -0.05) is 0 Å². The molecule has 3 unspecified atom stereocenters. The quantitative estimate of drug-likeness (QED) is 0.803. The van der Waals surface area contributed by atoms with Crippen LogP contribution in [0.2, 0.25) is 0 Å². The van der Waals surface area contributed by atoms with Gasteiger partial charge in [0.2, 0.25) is 0 Å². The van der Waals surface area contributed by atoms with E-state index in [0.717, 1.165) is 44.9 Å². The molecule has 3 saturated heterocycles. The molecular weight excluding hydrogens is 250 g/mol. The first kappa shape index (κ1) is 13.2. The summed E-state index contributed by atoms with van der Waals surface area (Å²) in [6.45, 7) is 3.67. The van der Waals surface area contributed by atoms with Crippen LogP contribution in [0.4, 0.5) is 0 Å². The molecule has 0 amide bonds. The molecule has 104 valence electrons. The van der Waals surface area contributed by atoms with Crippen LogP contribution in [-0.4, -0.2) is 72.2 Å². The van der Waals surface area contributed by atoms with Crippen molar-refractivity contribution in [3.05, 3.63) is 0 Å². The number of nitrogens with zero attached hydrogens (tertiary/aromatic N) is 1. The number of aliphatic hydroxyl groups is 1. The number of ether oxygens (including phenoxy) is 2. The summed E-state index contributed by atoms with van der Waals surface area (Å²) in [6.07, 6.45) is 3.51. The van der Waals surface area contributed by atoms with Crippen molar-refractivity contribution in [2.24, 2.45) is 0 Å². The lowest BCUT2D eigenvalue weighted by Gasteiger charge is -2.45. The topological polar surface area (TPSA) is 41.9 Å². The van der Waals surface area contributed by atoms with Gasteiger partial charge in [-0.3, -0.25) is 4.90 Å². The van der Waals surface area contributed by atoms with Crippen molar-refractivity contribution in [3.63, 3.8) is 0 Å². The van der Waals surface area contributed by atoms with Gasteiger partial charge in [-0.2, -0.15) is 11.8 Å². The Bertz CT molecular complexity index is 283. The summed E-state index contributed by atoms with van der Waals surface area (Å²) in [5.74, 6) is 2.41. The minimum absolute atomic E-state index is 0.00972. The Morgan fingerprint density at radius 1 is 1.39 bits per heavy atom. The highest BCUT2D eigenvalue weighted by Crippen LogP contribution is 2.39. The van der Waals surface area contributed by atoms with Gasteiger partial charge >= 0.3 is 0 Å². The first-order valence-corrected chi connectivity index (χ1v) is 8.15. The number of hydrogen-bond acceptors (Lipinski definition) is 5. The molecule has 3 fully saturated rings. The largest absolute Gasteiger partial charge is 0.394 e. The number of hydrogen-bond donors (Lipinski definition) is 1. The number of morpholine rings is 1. The molecule has 5 heteroatoms. The Morgan fingerprint density at radius 2 is 2.33 bits per heavy atom. The van der Waals surface area contributed by atoms with Gasteiger partial charge < -0.3 is 14.6 Å². The maximum atomic E-state index is 9.23. The van der Waals surface area contributed by atoms with Crippen LogP contribution in [0.5, 0.6) is 0 Å². The molecule has 0 saturated carbocycles. The van der Waals surface area contributed by atoms with E-state index in [-0.39, 0.29) is 18.3 Å². The van der Waals surface area contributed by atoms with E-state index in [1.54, 1.807) is 0 Å². The number of aliphatic hydroxyl groups excluding tert-OH is 1. The van der Waals surface area contributed by atoms with Crippen LogP contribution >= 0.6 is 11.8 Å². The van der Waals surface area contributed by atoms with Crippen LogP contribution in [0.3, 0.4) is 0 Å². The molecular formula is C13H23NO3S. The Balaban J connectivity index is 1.61. The highest BCUT2D eigenvalue weighted by Gasteiger charge is 2.42. The third-order valence-corrected chi connectivity index (χ3v) is 5.65. The minimum Gasteiger partial charge on any atom is -0.394 e. The molecule has 0 radical (unpaired) electrons. The van der Waals surface area contributed by atoms with Crippen LogP contribution in [0.25, 0.3) is 0 Å². The first-order valence-electron chi connectivity index (χ1n) is 7.00. The third kappa shape index (κ3) is 2.70. The molecule has 4 nitrogen and oxygen atoms in total. The molecule has 0 aliphatic carbocycles. The van der Waals surface area contributed by atoms with E-state index in [9.17, 15) is 5.11 Å². The van der Waals surface area contributed by atoms with Gasteiger partial charge in [-0.05, 0) is 25.0 Å². The third-order valence-electron chi connectivity index (χ3n) is 4.42. The lowest BCUT2D eigenvalue weighted by molar-refractivity contribution is -0.117. The summed E-state index contributed by atoms with van der Waals surface area (Å²) in [6, 6.07) is 0.621. The van der Waals surface area contributed by atoms with Crippen molar-refractivity contribution in [1.29, 1.82) is 0 Å². The van der Waals surface area contributed by atoms with E-state index in [2.05, 4.69) is 4.90 Å². The van der Waals surface area contributed by atoms with Gasteiger partial charge in [0.25, 0.3) is 0 Å². The second-order valence-corrected chi connectivity index (χ2v) is 6.76. The van der Waals surface area contributed by atoms with Crippen LogP contribution in [0.15, 0.2) is 0 Å². The van der Waals surface area contributed by atoms with Gasteiger partial charge in [0.15, 0.2) is 0 Å². The molecule has 18 heavy (non-hydrogen) atoms. The van der Waals surface area contributed by atoms with Crippen molar-refractivity contribution in [1.82, 2.24) is 4.90 Å². The highest BCUT2D eigenvalue weighted by atomic mass is 32.2. The van der Waals surface area contributed by atoms with Crippen molar-refractivity contribution in [3.8, 4) is 0 Å². The summed E-state index contributed by atoms with van der Waals surface area (Å²) in [4.78, 5) is 2.51. The molecule has 3 aliphatic heterocycles. The lowest BCUT2D eigenvalue weighted by atomic mass is 9.88. The molecule has 3 aliphatic rings. The summed E-state index contributed by atoms with van der Waals surface area (Å²) >= 11 is 2.02. The van der Waals surface area contributed by atoms with Crippen LogP contribution in [-0.2, 0) is 9.47 Å². The zero-order valence-corrected chi connectivity index (χ0v) is 11.7. The van der Waals surface area contributed by atoms with Gasteiger partial charge in [0.1, 0.15) is 0 Å². The second-order valence-electron chi connectivity index (χ2n) is 5.65. The van der Waals surface area contributed by atoms with Crippen LogP contribution < -0.4 is 0 Å². The Kier molecular flexibility index (Phi) is 4.15. The van der Waals surface area contributed by atoms with Gasteiger partial charge in [-0.15, -0.1) is 0 Å². The summed E-state index contributed by atoms with van der Waals surface area (Å²) < 4.78 is 11.6. The van der Waals surface area contributed by atoms with E-state index in [1.807, 2.05) is 11.8 Å². The molecule has 0 aromatic carbocycles. The minimum atomic E-state index is 0.00972. The zero-order chi connectivity index (χ0) is 12.4. The monoisotopic (exact) mass is 273 g/mol. The molecule has 1 N–H and O–H groups in total.